The average Bonchev–Trinajstić information content (AvgIpc) is 3.12. The van der Waals surface area contributed by atoms with Crippen molar-refractivity contribution in [2.24, 2.45) is 0 Å². The molecule has 0 saturated carbocycles. The number of anilines is 1. The number of methoxy groups -OCH3 is 1. The molecule has 28 heavy (non-hydrogen) atoms. The highest BCUT2D eigenvalue weighted by Crippen LogP contribution is 2.33. The molecule has 0 aliphatic carbocycles. The highest BCUT2D eigenvalue weighted by Gasteiger charge is 2.23. The molecule has 4 aromatic rings. The normalized spacial score (nSPS) is 10.6. The summed E-state index contributed by atoms with van der Waals surface area (Å²) in [7, 11) is 1.54. The summed E-state index contributed by atoms with van der Waals surface area (Å²) in [4.78, 5) is 25.8. The van der Waals surface area contributed by atoms with Gasteiger partial charge in [0.1, 0.15) is 11.3 Å². The standard InChI is InChI=1S/C23H17NO4/c1-27-17-11-7-10-16(14-17)23(26)24-20-18-12-5-6-13-19(18)28-22(20)21(25)15-8-3-2-4-9-15/h2-14H,1H3,(H,24,26). The molecular weight excluding hydrogens is 354 g/mol. The molecule has 1 N–H and O–H groups in total. The van der Waals surface area contributed by atoms with Crippen molar-refractivity contribution in [3.8, 4) is 5.75 Å². The van der Waals surface area contributed by atoms with Gasteiger partial charge in [0.15, 0.2) is 5.76 Å². The molecule has 1 aromatic heterocycles. The molecule has 0 unspecified atom stereocenters. The van der Waals surface area contributed by atoms with Crippen LogP contribution < -0.4 is 10.1 Å². The van der Waals surface area contributed by atoms with E-state index in [2.05, 4.69) is 5.32 Å². The Morgan fingerprint density at radius 2 is 1.57 bits per heavy atom. The van der Waals surface area contributed by atoms with Gasteiger partial charge in [0, 0.05) is 16.5 Å². The Bertz CT molecular complexity index is 1160. The zero-order chi connectivity index (χ0) is 19.5. The Morgan fingerprint density at radius 3 is 2.36 bits per heavy atom. The highest BCUT2D eigenvalue weighted by atomic mass is 16.5. The minimum absolute atomic E-state index is 0.101. The summed E-state index contributed by atoms with van der Waals surface area (Å²) in [5.74, 6) is 0.0271. The van der Waals surface area contributed by atoms with Gasteiger partial charge in [-0.05, 0) is 30.3 Å². The van der Waals surface area contributed by atoms with Gasteiger partial charge in [0.2, 0.25) is 5.78 Å². The molecule has 5 heteroatoms. The molecule has 4 rings (SSSR count). The van der Waals surface area contributed by atoms with Gasteiger partial charge in [-0.25, -0.2) is 0 Å². The van der Waals surface area contributed by atoms with Crippen molar-refractivity contribution >= 4 is 28.3 Å². The van der Waals surface area contributed by atoms with Crippen LogP contribution in [0.1, 0.15) is 26.5 Å². The summed E-state index contributed by atoms with van der Waals surface area (Å²) in [5.41, 5.74) is 1.79. The second-order valence-electron chi connectivity index (χ2n) is 6.18. The first-order valence-corrected chi connectivity index (χ1v) is 8.74. The van der Waals surface area contributed by atoms with Crippen molar-refractivity contribution in [2.45, 2.75) is 0 Å². The predicted octanol–water partition coefficient (Wildman–Crippen LogP) is 4.92. The number of ether oxygens (including phenoxy) is 1. The summed E-state index contributed by atoms with van der Waals surface area (Å²) in [6.07, 6.45) is 0. The van der Waals surface area contributed by atoms with E-state index < -0.39 is 0 Å². The smallest absolute Gasteiger partial charge is 0.255 e. The molecular formula is C23H17NO4. The number of ketones is 1. The summed E-state index contributed by atoms with van der Waals surface area (Å²) in [6, 6.07) is 22.8. The van der Waals surface area contributed by atoms with Gasteiger partial charge in [-0.1, -0.05) is 48.5 Å². The fourth-order valence-corrected chi connectivity index (χ4v) is 3.00. The number of benzene rings is 3. The van der Waals surface area contributed by atoms with E-state index in [1.807, 2.05) is 24.3 Å². The third kappa shape index (κ3) is 3.25. The summed E-state index contributed by atoms with van der Waals surface area (Å²) in [6.45, 7) is 0. The lowest BCUT2D eigenvalue weighted by molar-refractivity contribution is 0.101. The highest BCUT2D eigenvalue weighted by molar-refractivity contribution is 6.18. The van der Waals surface area contributed by atoms with Crippen LogP contribution in [0, 0.1) is 0 Å². The molecule has 138 valence electrons. The number of carbonyl (C=O) groups is 2. The fourth-order valence-electron chi connectivity index (χ4n) is 3.00. The van der Waals surface area contributed by atoms with Crippen LogP contribution in [-0.2, 0) is 0 Å². The Kier molecular flexibility index (Phi) is 4.64. The van der Waals surface area contributed by atoms with Crippen LogP contribution >= 0.6 is 0 Å². The Balaban J connectivity index is 1.77. The van der Waals surface area contributed by atoms with E-state index in [0.717, 1.165) is 0 Å². The van der Waals surface area contributed by atoms with Gasteiger partial charge in [0.05, 0.1) is 12.8 Å². The van der Waals surface area contributed by atoms with Crippen LogP contribution in [0.4, 0.5) is 5.69 Å². The van der Waals surface area contributed by atoms with E-state index in [0.29, 0.717) is 33.5 Å². The topological polar surface area (TPSA) is 68.5 Å². The number of para-hydroxylation sites is 1. The second-order valence-corrected chi connectivity index (χ2v) is 6.18. The third-order valence-corrected chi connectivity index (χ3v) is 4.41. The molecule has 1 amide bonds. The van der Waals surface area contributed by atoms with Crippen molar-refractivity contribution in [1.29, 1.82) is 0 Å². The fraction of sp³-hybridized carbons (Fsp3) is 0.0435. The lowest BCUT2D eigenvalue weighted by atomic mass is 10.1. The zero-order valence-electron chi connectivity index (χ0n) is 15.1. The SMILES string of the molecule is COc1cccc(C(=O)Nc2c(C(=O)c3ccccc3)oc3ccccc23)c1. The molecule has 0 spiro atoms. The Morgan fingerprint density at radius 1 is 0.857 bits per heavy atom. The second kappa shape index (κ2) is 7.40. The molecule has 0 atom stereocenters. The molecule has 0 aliphatic rings. The third-order valence-electron chi connectivity index (χ3n) is 4.41. The summed E-state index contributed by atoms with van der Waals surface area (Å²) < 4.78 is 11.0. The van der Waals surface area contributed by atoms with Crippen molar-refractivity contribution in [3.05, 3.63) is 95.7 Å². The first kappa shape index (κ1) is 17.5. The van der Waals surface area contributed by atoms with Gasteiger partial charge >= 0.3 is 0 Å². The van der Waals surface area contributed by atoms with Gasteiger partial charge in [-0.15, -0.1) is 0 Å². The van der Waals surface area contributed by atoms with Crippen molar-refractivity contribution < 1.29 is 18.7 Å². The van der Waals surface area contributed by atoms with Crippen molar-refractivity contribution in [1.82, 2.24) is 0 Å². The quantitative estimate of drug-likeness (QED) is 0.505. The molecule has 1 heterocycles. The van der Waals surface area contributed by atoms with Gasteiger partial charge in [0.25, 0.3) is 5.91 Å². The molecule has 3 aromatic carbocycles. The van der Waals surface area contributed by atoms with E-state index in [1.165, 1.54) is 7.11 Å². The molecule has 0 radical (unpaired) electrons. The van der Waals surface area contributed by atoms with Gasteiger partial charge in [-0.3, -0.25) is 9.59 Å². The monoisotopic (exact) mass is 371 g/mol. The molecule has 0 aliphatic heterocycles. The number of nitrogens with one attached hydrogen (secondary N) is 1. The van der Waals surface area contributed by atoms with Crippen molar-refractivity contribution in [3.63, 3.8) is 0 Å². The lowest BCUT2D eigenvalue weighted by Gasteiger charge is -2.07. The van der Waals surface area contributed by atoms with Crippen molar-refractivity contribution in [2.75, 3.05) is 12.4 Å². The molecule has 0 fully saturated rings. The minimum Gasteiger partial charge on any atom is -0.497 e. The largest absolute Gasteiger partial charge is 0.497 e. The molecule has 0 saturated heterocycles. The Hall–Kier alpha value is -3.86. The van der Waals surface area contributed by atoms with E-state index in [1.54, 1.807) is 54.6 Å². The Labute approximate surface area is 161 Å². The predicted molar refractivity (Wildman–Crippen MR) is 107 cm³/mol. The van der Waals surface area contributed by atoms with Gasteiger partial charge in [-0.2, -0.15) is 0 Å². The number of amides is 1. The maximum absolute atomic E-state index is 13.0. The van der Waals surface area contributed by atoms with E-state index >= 15 is 0 Å². The van der Waals surface area contributed by atoms with Crippen LogP contribution in [-0.4, -0.2) is 18.8 Å². The van der Waals surface area contributed by atoms with Gasteiger partial charge < -0.3 is 14.5 Å². The maximum atomic E-state index is 13.0. The van der Waals surface area contributed by atoms with Crippen LogP contribution in [0.5, 0.6) is 5.75 Å². The number of furan rings is 1. The first-order valence-electron chi connectivity index (χ1n) is 8.74. The van der Waals surface area contributed by atoms with Crippen LogP contribution in [0.25, 0.3) is 11.0 Å². The number of carbonyl (C=O) groups excluding carboxylic acids is 2. The molecule has 0 bridgehead atoms. The number of hydrogen-bond donors (Lipinski definition) is 1. The number of rotatable bonds is 5. The summed E-state index contributed by atoms with van der Waals surface area (Å²) in [5, 5.41) is 3.51. The minimum atomic E-state index is -0.354. The number of hydrogen-bond acceptors (Lipinski definition) is 4. The first-order chi connectivity index (χ1) is 13.7. The molecule has 5 nitrogen and oxygen atoms in total. The average molecular weight is 371 g/mol. The summed E-state index contributed by atoms with van der Waals surface area (Å²) >= 11 is 0. The zero-order valence-corrected chi connectivity index (χ0v) is 15.1. The van der Waals surface area contributed by atoms with E-state index in [9.17, 15) is 9.59 Å². The van der Waals surface area contributed by atoms with E-state index in [4.69, 9.17) is 9.15 Å². The lowest BCUT2D eigenvalue weighted by Crippen LogP contribution is -2.14. The van der Waals surface area contributed by atoms with Crippen LogP contribution in [0.15, 0.2) is 83.3 Å². The maximum Gasteiger partial charge on any atom is 0.255 e. The van der Waals surface area contributed by atoms with Crippen LogP contribution in [0.2, 0.25) is 0 Å². The van der Waals surface area contributed by atoms with Crippen LogP contribution in [0.3, 0.4) is 0 Å². The van der Waals surface area contributed by atoms with E-state index in [-0.39, 0.29) is 17.5 Å². The number of fused-ring (bicyclic) bond motifs is 1.